The van der Waals surface area contributed by atoms with Crippen LogP contribution < -0.4 is 20.5 Å². The maximum Gasteiger partial charge on any atom is 0.269 e. The number of nitrogens with one attached hydrogen (secondary N) is 2. The molecule has 0 heterocycles. The Morgan fingerprint density at radius 3 is 2.10 bits per heavy atom. The number of rotatable bonds is 6. The Balaban J connectivity index is 1.52. The summed E-state index contributed by atoms with van der Waals surface area (Å²) in [4.78, 5) is 26.5. The third-order valence-electron chi connectivity index (χ3n) is 4.28. The second-order valence-corrected chi connectivity index (χ2v) is 6.65. The van der Waals surface area contributed by atoms with Gasteiger partial charge in [-0.05, 0) is 48.0 Å². The minimum absolute atomic E-state index is 0.380. The first-order valence-corrected chi connectivity index (χ1v) is 9.18. The Morgan fingerprint density at radius 1 is 0.793 bits per heavy atom. The lowest BCUT2D eigenvalue weighted by Crippen LogP contribution is -2.41. The summed E-state index contributed by atoms with van der Waals surface area (Å²) in [6, 6.07) is 23.7. The van der Waals surface area contributed by atoms with Crippen LogP contribution in [0.3, 0.4) is 0 Å². The zero-order valence-corrected chi connectivity index (χ0v) is 16.4. The van der Waals surface area contributed by atoms with Gasteiger partial charge in [-0.2, -0.15) is 0 Å². The number of anilines is 1. The van der Waals surface area contributed by atoms with Gasteiger partial charge in [0, 0.05) is 30.9 Å². The molecule has 0 aliphatic heterocycles. The first-order valence-electron chi connectivity index (χ1n) is 9.18. The largest absolute Gasteiger partial charge is 0.489 e. The second kappa shape index (κ2) is 9.41. The molecule has 0 radical (unpaired) electrons. The lowest BCUT2D eigenvalue weighted by molar-refractivity contribution is 0.0846. The van der Waals surface area contributed by atoms with Gasteiger partial charge in [0.1, 0.15) is 12.4 Å². The average Bonchev–Trinajstić information content (AvgIpc) is 2.77. The summed E-state index contributed by atoms with van der Waals surface area (Å²) in [5.41, 5.74) is 7.63. The van der Waals surface area contributed by atoms with E-state index in [1.54, 1.807) is 30.3 Å². The molecule has 2 amide bonds. The summed E-state index contributed by atoms with van der Waals surface area (Å²) >= 11 is 0. The van der Waals surface area contributed by atoms with Gasteiger partial charge in [-0.3, -0.25) is 20.4 Å². The number of hydrazine groups is 1. The van der Waals surface area contributed by atoms with E-state index in [1.165, 1.54) is 0 Å². The van der Waals surface area contributed by atoms with Crippen LogP contribution >= 0.6 is 0 Å². The fourth-order valence-corrected chi connectivity index (χ4v) is 2.62. The van der Waals surface area contributed by atoms with Crippen molar-refractivity contribution in [3.63, 3.8) is 0 Å². The van der Waals surface area contributed by atoms with E-state index in [-0.39, 0.29) is 5.91 Å². The first-order chi connectivity index (χ1) is 14.0. The smallest absolute Gasteiger partial charge is 0.269 e. The molecule has 3 aromatic rings. The van der Waals surface area contributed by atoms with Gasteiger partial charge in [-0.25, -0.2) is 0 Å². The number of hydrogen-bond donors (Lipinski definition) is 2. The molecular weight excluding hydrogens is 366 g/mol. The van der Waals surface area contributed by atoms with Crippen molar-refractivity contribution in [1.29, 1.82) is 0 Å². The van der Waals surface area contributed by atoms with Crippen molar-refractivity contribution in [3.8, 4) is 5.75 Å². The monoisotopic (exact) mass is 389 g/mol. The topological polar surface area (TPSA) is 70.7 Å². The molecule has 0 aliphatic carbocycles. The number of nitrogens with zero attached hydrogens (tertiary/aromatic N) is 1. The third-order valence-corrected chi connectivity index (χ3v) is 4.28. The lowest BCUT2D eigenvalue weighted by Gasteiger charge is -2.13. The number of carbonyl (C=O) groups is 2. The molecule has 0 aliphatic rings. The van der Waals surface area contributed by atoms with Crippen LogP contribution in [0.15, 0.2) is 78.9 Å². The highest BCUT2D eigenvalue weighted by atomic mass is 16.5. The van der Waals surface area contributed by atoms with Crippen molar-refractivity contribution in [2.75, 3.05) is 19.0 Å². The zero-order valence-electron chi connectivity index (χ0n) is 16.4. The standard InChI is InChI=1S/C23H23N3O3/c1-26(2)20-8-6-7-19(15-20)23(28)25-24-22(27)18-13-11-17(12-14-18)16-29-21-9-4-3-5-10-21/h3-15H,16H2,1-2H3,(H,24,27)(H,25,28). The van der Waals surface area contributed by atoms with Crippen LogP contribution in [-0.2, 0) is 6.61 Å². The molecule has 0 unspecified atom stereocenters. The molecule has 6 nitrogen and oxygen atoms in total. The molecule has 0 spiro atoms. The van der Waals surface area contributed by atoms with Gasteiger partial charge in [0.05, 0.1) is 0 Å². The molecule has 3 rings (SSSR count). The molecule has 3 aromatic carbocycles. The van der Waals surface area contributed by atoms with Crippen molar-refractivity contribution < 1.29 is 14.3 Å². The van der Waals surface area contributed by atoms with Crippen molar-refractivity contribution in [2.45, 2.75) is 6.61 Å². The van der Waals surface area contributed by atoms with Crippen LogP contribution in [0.4, 0.5) is 5.69 Å². The van der Waals surface area contributed by atoms with E-state index in [0.29, 0.717) is 17.7 Å². The predicted molar refractivity (Wildman–Crippen MR) is 113 cm³/mol. The van der Waals surface area contributed by atoms with Gasteiger partial charge >= 0.3 is 0 Å². The third kappa shape index (κ3) is 5.59. The van der Waals surface area contributed by atoms with E-state index in [2.05, 4.69) is 10.9 Å². The molecule has 0 saturated heterocycles. The molecule has 0 saturated carbocycles. The highest BCUT2D eigenvalue weighted by Crippen LogP contribution is 2.14. The Hall–Kier alpha value is -3.80. The maximum absolute atomic E-state index is 12.3. The highest BCUT2D eigenvalue weighted by Gasteiger charge is 2.10. The quantitative estimate of drug-likeness (QED) is 0.634. The number of para-hydroxylation sites is 1. The first kappa shape index (κ1) is 19.9. The van der Waals surface area contributed by atoms with Crippen molar-refractivity contribution in [3.05, 3.63) is 95.6 Å². The van der Waals surface area contributed by atoms with Crippen molar-refractivity contribution in [2.24, 2.45) is 0 Å². The minimum Gasteiger partial charge on any atom is -0.489 e. The second-order valence-electron chi connectivity index (χ2n) is 6.65. The van der Waals surface area contributed by atoms with E-state index < -0.39 is 5.91 Å². The lowest BCUT2D eigenvalue weighted by atomic mass is 10.1. The van der Waals surface area contributed by atoms with Crippen LogP contribution in [0.25, 0.3) is 0 Å². The van der Waals surface area contributed by atoms with Gasteiger partial charge in [0.2, 0.25) is 0 Å². The SMILES string of the molecule is CN(C)c1cccc(C(=O)NNC(=O)c2ccc(COc3ccccc3)cc2)c1. The summed E-state index contributed by atoms with van der Waals surface area (Å²) in [5.74, 6) is 0.0166. The van der Waals surface area contributed by atoms with E-state index in [1.807, 2.05) is 67.5 Å². The van der Waals surface area contributed by atoms with E-state index in [9.17, 15) is 9.59 Å². The van der Waals surface area contributed by atoms with E-state index in [4.69, 9.17) is 4.74 Å². The molecule has 0 atom stereocenters. The van der Waals surface area contributed by atoms with Gasteiger partial charge in [0.25, 0.3) is 11.8 Å². The fraction of sp³-hybridized carbons (Fsp3) is 0.130. The maximum atomic E-state index is 12.3. The Kier molecular flexibility index (Phi) is 6.47. The van der Waals surface area contributed by atoms with Gasteiger partial charge < -0.3 is 9.64 Å². The normalized spacial score (nSPS) is 10.1. The Bertz CT molecular complexity index is 970. The number of hydrogen-bond acceptors (Lipinski definition) is 4. The molecule has 29 heavy (non-hydrogen) atoms. The molecule has 2 N–H and O–H groups in total. The van der Waals surface area contributed by atoms with Crippen LogP contribution in [0.2, 0.25) is 0 Å². The zero-order chi connectivity index (χ0) is 20.6. The Morgan fingerprint density at radius 2 is 1.45 bits per heavy atom. The minimum atomic E-state index is -0.391. The number of ether oxygens (including phenoxy) is 1. The van der Waals surface area contributed by atoms with Crippen LogP contribution in [-0.4, -0.2) is 25.9 Å². The summed E-state index contributed by atoms with van der Waals surface area (Å²) in [6.07, 6.45) is 0. The molecule has 0 bridgehead atoms. The highest BCUT2D eigenvalue weighted by molar-refractivity contribution is 5.99. The van der Waals surface area contributed by atoms with Crippen molar-refractivity contribution >= 4 is 17.5 Å². The van der Waals surface area contributed by atoms with E-state index in [0.717, 1.165) is 17.0 Å². The Labute approximate surface area is 170 Å². The van der Waals surface area contributed by atoms with Gasteiger partial charge in [0.15, 0.2) is 0 Å². The summed E-state index contributed by atoms with van der Waals surface area (Å²) < 4.78 is 5.69. The van der Waals surface area contributed by atoms with Crippen LogP contribution in [0, 0.1) is 0 Å². The summed E-state index contributed by atoms with van der Waals surface area (Å²) in [5, 5.41) is 0. The molecular formula is C23H23N3O3. The van der Waals surface area contributed by atoms with Crippen molar-refractivity contribution in [1.82, 2.24) is 10.9 Å². The van der Waals surface area contributed by atoms with Crippen LogP contribution in [0.1, 0.15) is 26.3 Å². The number of carbonyl (C=O) groups excluding carboxylic acids is 2. The number of amides is 2. The summed E-state index contributed by atoms with van der Waals surface area (Å²) in [6.45, 7) is 0.408. The van der Waals surface area contributed by atoms with E-state index >= 15 is 0 Å². The molecule has 6 heteroatoms. The van der Waals surface area contributed by atoms with Gasteiger partial charge in [-0.15, -0.1) is 0 Å². The average molecular weight is 389 g/mol. The predicted octanol–water partition coefficient (Wildman–Crippen LogP) is 3.41. The number of benzene rings is 3. The summed E-state index contributed by atoms with van der Waals surface area (Å²) in [7, 11) is 3.79. The van der Waals surface area contributed by atoms with Crippen LogP contribution in [0.5, 0.6) is 5.75 Å². The molecule has 148 valence electrons. The molecule has 0 aromatic heterocycles. The fourth-order valence-electron chi connectivity index (χ4n) is 2.62. The molecule has 0 fully saturated rings. The van der Waals surface area contributed by atoms with Gasteiger partial charge in [-0.1, -0.05) is 36.4 Å².